The molecule has 0 radical (unpaired) electrons. The van der Waals surface area contributed by atoms with Crippen molar-refractivity contribution in [2.75, 3.05) is 13.7 Å². The molecule has 0 amide bonds. The van der Waals surface area contributed by atoms with Crippen LogP contribution in [0.5, 0.6) is 0 Å². The van der Waals surface area contributed by atoms with Gasteiger partial charge >= 0.3 is 5.97 Å². The van der Waals surface area contributed by atoms with E-state index < -0.39 is 5.97 Å². The van der Waals surface area contributed by atoms with Gasteiger partial charge < -0.3 is 14.5 Å². The Morgan fingerprint density at radius 3 is 2.88 bits per heavy atom. The summed E-state index contributed by atoms with van der Waals surface area (Å²) in [6.07, 6.45) is 3.87. The van der Waals surface area contributed by atoms with Crippen molar-refractivity contribution in [2.24, 2.45) is 5.41 Å². The number of nitrogens with one attached hydrogen (secondary N) is 1. The third-order valence-electron chi connectivity index (χ3n) is 3.55. The van der Waals surface area contributed by atoms with Crippen molar-refractivity contribution in [2.45, 2.75) is 32.7 Å². The topological polar surface area (TPSA) is 51.5 Å². The van der Waals surface area contributed by atoms with Crippen molar-refractivity contribution in [1.29, 1.82) is 0 Å². The van der Waals surface area contributed by atoms with Gasteiger partial charge in [-0.15, -0.1) is 0 Å². The quantitative estimate of drug-likeness (QED) is 0.772. The zero-order valence-electron chi connectivity index (χ0n) is 10.4. The molecular weight excluding hydrogens is 218 g/mol. The van der Waals surface area contributed by atoms with Gasteiger partial charge in [-0.2, -0.15) is 0 Å². The first kappa shape index (κ1) is 12.2. The third kappa shape index (κ3) is 2.88. The number of hydrogen-bond donors (Lipinski definition) is 1. The van der Waals surface area contributed by atoms with Gasteiger partial charge in [0.1, 0.15) is 5.76 Å². The van der Waals surface area contributed by atoms with Gasteiger partial charge in [-0.05, 0) is 36.8 Å². The lowest BCUT2D eigenvalue weighted by Crippen LogP contribution is -2.22. The third-order valence-corrected chi connectivity index (χ3v) is 3.55. The summed E-state index contributed by atoms with van der Waals surface area (Å²) < 4.78 is 9.95. The molecule has 4 heteroatoms. The molecule has 0 unspecified atom stereocenters. The van der Waals surface area contributed by atoms with E-state index in [1.165, 1.54) is 26.4 Å². The van der Waals surface area contributed by atoms with Gasteiger partial charge in [-0.3, -0.25) is 0 Å². The lowest BCUT2D eigenvalue weighted by atomic mass is 10.0. The van der Waals surface area contributed by atoms with Crippen molar-refractivity contribution < 1.29 is 13.9 Å². The van der Waals surface area contributed by atoms with Gasteiger partial charge in [0, 0.05) is 6.54 Å². The van der Waals surface area contributed by atoms with Crippen LogP contribution in [0.15, 0.2) is 16.5 Å². The average Bonchev–Trinajstić information content (AvgIpc) is 2.98. The van der Waals surface area contributed by atoms with E-state index in [0.29, 0.717) is 12.0 Å². The summed E-state index contributed by atoms with van der Waals surface area (Å²) in [5, 5.41) is 3.38. The molecule has 1 fully saturated rings. The van der Waals surface area contributed by atoms with Gasteiger partial charge in [-0.1, -0.05) is 6.92 Å². The lowest BCUT2D eigenvalue weighted by molar-refractivity contribution is 0.0563. The van der Waals surface area contributed by atoms with Crippen molar-refractivity contribution in [3.8, 4) is 0 Å². The lowest BCUT2D eigenvalue weighted by Gasteiger charge is -2.12. The summed E-state index contributed by atoms with van der Waals surface area (Å²) in [4.78, 5) is 11.2. The molecule has 0 aliphatic heterocycles. The Labute approximate surface area is 101 Å². The molecule has 1 aromatic rings. The SMILES string of the molecule is CCC1(CNCc2ccc(C(=O)OC)o2)CC1. The molecule has 2 rings (SSSR count). The van der Waals surface area contributed by atoms with Crippen LogP contribution in [0, 0.1) is 5.41 Å². The Morgan fingerprint density at radius 1 is 1.53 bits per heavy atom. The van der Waals surface area contributed by atoms with Crippen molar-refractivity contribution in [3.63, 3.8) is 0 Å². The molecule has 0 atom stereocenters. The predicted octanol–water partition coefficient (Wildman–Crippen LogP) is 2.35. The Hall–Kier alpha value is -1.29. The highest BCUT2D eigenvalue weighted by atomic mass is 16.5. The predicted molar refractivity (Wildman–Crippen MR) is 63.7 cm³/mol. The molecule has 1 aliphatic rings. The number of rotatable bonds is 6. The molecule has 1 aliphatic carbocycles. The number of carbonyl (C=O) groups excluding carboxylic acids is 1. The van der Waals surface area contributed by atoms with Crippen LogP contribution in [0.4, 0.5) is 0 Å². The van der Waals surface area contributed by atoms with Crippen molar-refractivity contribution in [3.05, 3.63) is 23.7 Å². The highest BCUT2D eigenvalue weighted by Gasteiger charge is 2.39. The second-order valence-electron chi connectivity index (χ2n) is 4.71. The minimum atomic E-state index is -0.427. The van der Waals surface area contributed by atoms with Gasteiger partial charge in [0.25, 0.3) is 0 Å². The average molecular weight is 237 g/mol. The second-order valence-corrected chi connectivity index (χ2v) is 4.71. The normalized spacial score (nSPS) is 16.8. The van der Waals surface area contributed by atoms with E-state index in [1.54, 1.807) is 6.07 Å². The Bertz CT molecular complexity index is 393. The second kappa shape index (κ2) is 4.92. The smallest absolute Gasteiger partial charge is 0.373 e. The number of ether oxygens (including phenoxy) is 1. The minimum Gasteiger partial charge on any atom is -0.463 e. The van der Waals surface area contributed by atoms with E-state index in [4.69, 9.17) is 4.42 Å². The Kier molecular flexibility index (Phi) is 3.52. The molecular formula is C13H19NO3. The van der Waals surface area contributed by atoms with Crippen molar-refractivity contribution >= 4 is 5.97 Å². The van der Waals surface area contributed by atoms with Crippen LogP contribution in [0.3, 0.4) is 0 Å². The van der Waals surface area contributed by atoms with Gasteiger partial charge in [0.2, 0.25) is 5.76 Å². The van der Waals surface area contributed by atoms with E-state index in [-0.39, 0.29) is 5.76 Å². The summed E-state index contributed by atoms with van der Waals surface area (Å²) in [5.41, 5.74) is 0.526. The van der Waals surface area contributed by atoms with Crippen LogP contribution in [-0.2, 0) is 11.3 Å². The van der Waals surface area contributed by atoms with Crippen LogP contribution >= 0.6 is 0 Å². The summed E-state index contributed by atoms with van der Waals surface area (Å²) >= 11 is 0. The highest BCUT2D eigenvalue weighted by Crippen LogP contribution is 2.47. The monoisotopic (exact) mass is 237 g/mol. The fraction of sp³-hybridized carbons (Fsp3) is 0.615. The first-order valence-corrected chi connectivity index (χ1v) is 6.07. The molecule has 0 saturated heterocycles. The van der Waals surface area contributed by atoms with Crippen LogP contribution in [0.2, 0.25) is 0 Å². The number of hydrogen-bond acceptors (Lipinski definition) is 4. The molecule has 0 aromatic carbocycles. The zero-order valence-corrected chi connectivity index (χ0v) is 10.4. The molecule has 0 bridgehead atoms. The fourth-order valence-electron chi connectivity index (χ4n) is 1.97. The summed E-state index contributed by atoms with van der Waals surface area (Å²) in [6.45, 7) is 3.92. The highest BCUT2D eigenvalue weighted by molar-refractivity contribution is 5.86. The summed E-state index contributed by atoms with van der Waals surface area (Å²) in [5.74, 6) is 0.613. The Balaban J connectivity index is 1.79. The molecule has 94 valence electrons. The van der Waals surface area contributed by atoms with E-state index in [0.717, 1.165) is 12.3 Å². The molecule has 4 nitrogen and oxygen atoms in total. The number of furan rings is 1. The van der Waals surface area contributed by atoms with Crippen LogP contribution in [0.1, 0.15) is 42.5 Å². The number of methoxy groups -OCH3 is 1. The molecule has 17 heavy (non-hydrogen) atoms. The summed E-state index contributed by atoms with van der Waals surface area (Å²) in [7, 11) is 1.35. The maximum absolute atomic E-state index is 11.2. The van der Waals surface area contributed by atoms with E-state index in [1.807, 2.05) is 6.07 Å². The maximum atomic E-state index is 11.2. The standard InChI is InChI=1S/C13H19NO3/c1-3-13(6-7-13)9-14-8-10-4-5-11(17-10)12(15)16-2/h4-5,14H,3,6-9H2,1-2H3. The van der Waals surface area contributed by atoms with Crippen molar-refractivity contribution in [1.82, 2.24) is 5.32 Å². The van der Waals surface area contributed by atoms with Crippen LogP contribution in [0.25, 0.3) is 0 Å². The molecule has 1 saturated carbocycles. The minimum absolute atomic E-state index is 0.265. The largest absolute Gasteiger partial charge is 0.463 e. The molecule has 1 heterocycles. The first-order chi connectivity index (χ1) is 8.19. The van der Waals surface area contributed by atoms with Gasteiger partial charge in [0.15, 0.2) is 0 Å². The number of esters is 1. The van der Waals surface area contributed by atoms with Crippen LogP contribution in [-0.4, -0.2) is 19.6 Å². The zero-order chi connectivity index (χ0) is 12.3. The molecule has 1 aromatic heterocycles. The van der Waals surface area contributed by atoms with E-state index in [2.05, 4.69) is 17.0 Å². The summed E-state index contributed by atoms with van der Waals surface area (Å²) in [6, 6.07) is 3.46. The number of carbonyl (C=O) groups is 1. The van der Waals surface area contributed by atoms with E-state index >= 15 is 0 Å². The van der Waals surface area contributed by atoms with Gasteiger partial charge in [-0.25, -0.2) is 4.79 Å². The van der Waals surface area contributed by atoms with Crippen LogP contribution < -0.4 is 5.32 Å². The first-order valence-electron chi connectivity index (χ1n) is 6.07. The molecule has 1 N–H and O–H groups in total. The molecule has 0 spiro atoms. The maximum Gasteiger partial charge on any atom is 0.373 e. The Morgan fingerprint density at radius 2 is 2.29 bits per heavy atom. The van der Waals surface area contributed by atoms with Gasteiger partial charge in [0.05, 0.1) is 13.7 Å². The fourth-order valence-corrected chi connectivity index (χ4v) is 1.97. The van der Waals surface area contributed by atoms with E-state index in [9.17, 15) is 4.79 Å².